The van der Waals surface area contributed by atoms with Gasteiger partial charge in [0.1, 0.15) is 0 Å². The summed E-state index contributed by atoms with van der Waals surface area (Å²) in [6.45, 7) is 8.75. The minimum atomic E-state index is -0.0852. The average Bonchev–Trinajstić information content (AvgIpc) is 2.71. The Labute approximate surface area is 186 Å². The van der Waals surface area contributed by atoms with E-state index in [1.54, 1.807) is 0 Å². The summed E-state index contributed by atoms with van der Waals surface area (Å²) in [6, 6.07) is 0. The third-order valence-corrected chi connectivity index (χ3v) is 6.41. The van der Waals surface area contributed by atoms with Crippen molar-refractivity contribution in [1.82, 2.24) is 0 Å². The average molecular weight is 427 g/mol. The maximum Gasteiger partial charge on any atom is 0.309 e. The molecule has 0 amide bonds. The van der Waals surface area contributed by atoms with Crippen LogP contribution in [0, 0.1) is 23.7 Å². The van der Waals surface area contributed by atoms with E-state index in [1.807, 2.05) is 0 Å². The van der Waals surface area contributed by atoms with Crippen LogP contribution in [0.15, 0.2) is 0 Å². The zero-order valence-electron chi connectivity index (χ0n) is 20.8. The maximum atomic E-state index is 12.2. The quantitative estimate of drug-likeness (QED) is 0.160. The van der Waals surface area contributed by atoms with Gasteiger partial charge in [-0.2, -0.15) is 0 Å². The van der Waals surface area contributed by atoms with Crippen molar-refractivity contribution >= 4 is 11.9 Å². The number of hydrogen-bond acceptors (Lipinski definition) is 4. The first-order valence-corrected chi connectivity index (χ1v) is 12.5. The van der Waals surface area contributed by atoms with Crippen LogP contribution in [-0.2, 0) is 19.1 Å². The lowest BCUT2D eigenvalue weighted by Crippen LogP contribution is -2.32. The van der Waals surface area contributed by atoms with Gasteiger partial charge >= 0.3 is 11.9 Å². The molecule has 0 saturated heterocycles. The smallest absolute Gasteiger partial charge is 0.309 e. The molecule has 4 heteroatoms. The van der Waals surface area contributed by atoms with Gasteiger partial charge in [0, 0.05) is 6.42 Å². The topological polar surface area (TPSA) is 52.6 Å². The van der Waals surface area contributed by atoms with E-state index in [0.717, 1.165) is 19.3 Å². The first-order valence-electron chi connectivity index (χ1n) is 12.5. The lowest BCUT2D eigenvalue weighted by molar-refractivity contribution is -0.150. The Balaban J connectivity index is 3.71. The third-order valence-electron chi connectivity index (χ3n) is 6.41. The molecule has 0 fully saturated rings. The lowest BCUT2D eigenvalue weighted by Gasteiger charge is -2.31. The first-order chi connectivity index (χ1) is 14.3. The van der Waals surface area contributed by atoms with Crippen LogP contribution in [0.3, 0.4) is 0 Å². The van der Waals surface area contributed by atoms with E-state index in [2.05, 4.69) is 32.4 Å². The lowest BCUT2D eigenvalue weighted by atomic mass is 9.74. The van der Waals surface area contributed by atoms with Gasteiger partial charge in [-0.3, -0.25) is 9.59 Å². The van der Waals surface area contributed by atoms with E-state index in [-0.39, 0.29) is 17.9 Å². The molecule has 2 unspecified atom stereocenters. The molecule has 0 aliphatic carbocycles. The number of ether oxygens (including phenoxy) is 2. The van der Waals surface area contributed by atoms with E-state index in [1.165, 1.54) is 78.4 Å². The number of carbonyl (C=O) groups excluding carboxylic acids is 2. The van der Waals surface area contributed by atoms with Gasteiger partial charge in [-0.1, -0.05) is 98.3 Å². The zero-order valence-corrected chi connectivity index (χ0v) is 20.8. The summed E-state index contributed by atoms with van der Waals surface area (Å²) in [5.41, 5.74) is 0. The summed E-state index contributed by atoms with van der Waals surface area (Å²) >= 11 is 0. The van der Waals surface area contributed by atoms with Crippen molar-refractivity contribution in [2.45, 2.75) is 118 Å². The summed E-state index contributed by atoms with van der Waals surface area (Å²) in [5, 5.41) is 0. The Bertz CT molecular complexity index is 431. The predicted molar refractivity (Wildman–Crippen MR) is 125 cm³/mol. The molecule has 0 spiro atoms. The molecule has 2 atom stereocenters. The van der Waals surface area contributed by atoms with Crippen molar-refractivity contribution in [3.63, 3.8) is 0 Å². The molecule has 30 heavy (non-hydrogen) atoms. The van der Waals surface area contributed by atoms with Crippen LogP contribution in [0.25, 0.3) is 0 Å². The molecular formula is C26H50O4. The number of esters is 2. The van der Waals surface area contributed by atoms with E-state index in [4.69, 9.17) is 4.74 Å². The summed E-state index contributed by atoms with van der Waals surface area (Å²) in [6.07, 6.45) is 16.8. The Hall–Kier alpha value is -1.06. The second-order valence-electron chi connectivity index (χ2n) is 9.56. The fourth-order valence-electron chi connectivity index (χ4n) is 4.52. The predicted octanol–water partition coefficient (Wildman–Crippen LogP) is 7.34. The van der Waals surface area contributed by atoms with Gasteiger partial charge in [0.2, 0.25) is 0 Å². The number of methoxy groups -OCH3 is 2. The highest BCUT2D eigenvalue weighted by molar-refractivity contribution is 5.73. The van der Waals surface area contributed by atoms with E-state index in [9.17, 15) is 9.59 Å². The minimum Gasteiger partial charge on any atom is -0.469 e. The van der Waals surface area contributed by atoms with Crippen LogP contribution in [0.2, 0.25) is 0 Å². The summed E-state index contributed by atoms with van der Waals surface area (Å²) in [4.78, 5) is 23.3. The zero-order chi connectivity index (χ0) is 22.8. The molecule has 0 aliphatic rings. The largest absolute Gasteiger partial charge is 0.469 e. The second kappa shape index (κ2) is 18.7. The van der Waals surface area contributed by atoms with Crippen LogP contribution in [0.5, 0.6) is 0 Å². The van der Waals surface area contributed by atoms with Gasteiger partial charge in [-0.25, -0.2) is 0 Å². The van der Waals surface area contributed by atoms with Gasteiger partial charge < -0.3 is 9.47 Å². The first kappa shape index (κ1) is 28.9. The monoisotopic (exact) mass is 426 g/mol. The molecule has 4 nitrogen and oxygen atoms in total. The SMILES string of the molecule is COC(=O)CCCCCCCCCCCCCCC(C(C)C)C(C(=O)OC)C(C)C. The van der Waals surface area contributed by atoms with Crippen LogP contribution in [0.1, 0.15) is 118 Å². The van der Waals surface area contributed by atoms with Crippen molar-refractivity contribution in [3.8, 4) is 0 Å². The Morgan fingerprint density at radius 3 is 1.40 bits per heavy atom. The Morgan fingerprint density at radius 1 is 0.600 bits per heavy atom. The molecule has 0 aromatic rings. The van der Waals surface area contributed by atoms with Crippen LogP contribution in [0.4, 0.5) is 0 Å². The maximum absolute atomic E-state index is 12.2. The molecule has 0 aromatic carbocycles. The minimum absolute atomic E-state index is 0.0236. The van der Waals surface area contributed by atoms with E-state index >= 15 is 0 Å². The number of rotatable bonds is 19. The highest BCUT2D eigenvalue weighted by atomic mass is 16.5. The fraction of sp³-hybridized carbons (Fsp3) is 0.923. The van der Waals surface area contributed by atoms with Crippen LogP contribution in [-0.4, -0.2) is 26.2 Å². The molecule has 0 radical (unpaired) electrons. The van der Waals surface area contributed by atoms with Crippen molar-refractivity contribution in [1.29, 1.82) is 0 Å². The van der Waals surface area contributed by atoms with Gasteiger partial charge in [0.25, 0.3) is 0 Å². The van der Waals surface area contributed by atoms with Gasteiger partial charge in [0.05, 0.1) is 20.1 Å². The molecule has 0 rings (SSSR count). The molecule has 0 bridgehead atoms. The molecule has 0 aromatic heterocycles. The highest BCUT2D eigenvalue weighted by Crippen LogP contribution is 2.33. The summed E-state index contributed by atoms with van der Waals surface area (Å²) < 4.78 is 9.74. The van der Waals surface area contributed by atoms with E-state index in [0.29, 0.717) is 24.2 Å². The van der Waals surface area contributed by atoms with Gasteiger partial charge in [-0.05, 0) is 30.6 Å². The van der Waals surface area contributed by atoms with E-state index < -0.39 is 0 Å². The Kier molecular flexibility index (Phi) is 18.0. The Morgan fingerprint density at radius 2 is 1.03 bits per heavy atom. The van der Waals surface area contributed by atoms with Crippen molar-refractivity contribution in [2.75, 3.05) is 14.2 Å². The standard InChI is InChI=1S/C26H50O4/c1-21(2)23(25(22(3)4)26(28)30-6)19-17-15-13-11-9-7-8-10-12-14-16-18-20-24(27)29-5/h21-23,25H,7-20H2,1-6H3. The van der Waals surface area contributed by atoms with Crippen molar-refractivity contribution in [3.05, 3.63) is 0 Å². The summed E-state index contributed by atoms with van der Waals surface area (Å²) in [7, 11) is 2.97. The molecule has 0 saturated carbocycles. The highest BCUT2D eigenvalue weighted by Gasteiger charge is 2.33. The van der Waals surface area contributed by atoms with Gasteiger partial charge in [0.15, 0.2) is 0 Å². The summed E-state index contributed by atoms with van der Waals surface area (Å²) in [5.74, 6) is 1.17. The molecule has 178 valence electrons. The van der Waals surface area contributed by atoms with Crippen LogP contribution >= 0.6 is 0 Å². The van der Waals surface area contributed by atoms with Gasteiger partial charge in [-0.15, -0.1) is 0 Å². The number of unbranched alkanes of at least 4 members (excludes halogenated alkanes) is 11. The van der Waals surface area contributed by atoms with Crippen molar-refractivity contribution in [2.24, 2.45) is 23.7 Å². The molecule has 0 aliphatic heterocycles. The number of carbonyl (C=O) groups is 2. The molecular weight excluding hydrogens is 376 g/mol. The van der Waals surface area contributed by atoms with Crippen LogP contribution < -0.4 is 0 Å². The molecule has 0 N–H and O–H groups in total. The van der Waals surface area contributed by atoms with Crippen molar-refractivity contribution < 1.29 is 19.1 Å². The number of hydrogen-bond donors (Lipinski definition) is 0. The fourth-order valence-corrected chi connectivity index (χ4v) is 4.52. The normalized spacial score (nSPS) is 13.5. The third kappa shape index (κ3) is 14.0. The molecule has 0 heterocycles. The second-order valence-corrected chi connectivity index (χ2v) is 9.56.